The molecule has 1 N–H and O–H groups in total. The first-order valence-corrected chi connectivity index (χ1v) is 5.24. The monoisotopic (exact) mass is 202 g/mol. The summed E-state index contributed by atoms with van der Waals surface area (Å²) in [6.07, 6.45) is 0. The van der Waals surface area contributed by atoms with E-state index in [0.29, 0.717) is 12.1 Å². The van der Waals surface area contributed by atoms with Crippen LogP contribution >= 0.6 is 0 Å². The molecule has 1 saturated heterocycles. The molecule has 0 radical (unpaired) electrons. The van der Waals surface area contributed by atoms with Gasteiger partial charge in [-0.05, 0) is 14.0 Å². The molecule has 0 spiro atoms. The largest absolute Gasteiger partial charge is 0.383 e. The van der Waals surface area contributed by atoms with Crippen LogP contribution in [0.3, 0.4) is 0 Å². The van der Waals surface area contributed by atoms with Crippen molar-refractivity contribution < 1.29 is 9.47 Å². The second-order valence-corrected chi connectivity index (χ2v) is 3.97. The second-order valence-electron chi connectivity index (χ2n) is 3.97. The Labute approximate surface area is 86.6 Å². The summed E-state index contributed by atoms with van der Waals surface area (Å²) in [5.74, 6) is 0. The maximum Gasteiger partial charge on any atom is 0.0632 e. The summed E-state index contributed by atoms with van der Waals surface area (Å²) in [7, 11) is 3.87. The molecule has 84 valence electrons. The van der Waals surface area contributed by atoms with E-state index >= 15 is 0 Å². The third-order valence-corrected chi connectivity index (χ3v) is 2.67. The van der Waals surface area contributed by atoms with Crippen LogP contribution in [0.2, 0.25) is 0 Å². The van der Waals surface area contributed by atoms with Gasteiger partial charge in [-0.15, -0.1) is 0 Å². The molecule has 0 amide bonds. The standard InChI is InChI=1S/C10H22N2O2/c1-9(7-13-3)12(2)6-10-8-14-5-4-11-10/h9-11H,4-8H2,1-3H3. The highest BCUT2D eigenvalue weighted by Crippen LogP contribution is 2.00. The number of rotatable bonds is 5. The Morgan fingerprint density at radius 1 is 1.64 bits per heavy atom. The van der Waals surface area contributed by atoms with Crippen LogP contribution in [0.15, 0.2) is 0 Å². The van der Waals surface area contributed by atoms with Crippen LogP contribution in [-0.2, 0) is 9.47 Å². The normalized spacial score (nSPS) is 25.3. The zero-order valence-corrected chi connectivity index (χ0v) is 9.45. The Bertz CT molecular complexity index is 149. The van der Waals surface area contributed by atoms with Crippen molar-refractivity contribution in [2.24, 2.45) is 0 Å². The van der Waals surface area contributed by atoms with Gasteiger partial charge in [0.25, 0.3) is 0 Å². The van der Waals surface area contributed by atoms with Gasteiger partial charge >= 0.3 is 0 Å². The minimum Gasteiger partial charge on any atom is -0.383 e. The van der Waals surface area contributed by atoms with Gasteiger partial charge in [-0.2, -0.15) is 0 Å². The summed E-state index contributed by atoms with van der Waals surface area (Å²) >= 11 is 0. The molecular formula is C10H22N2O2. The van der Waals surface area contributed by atoms with E-state index in [2.05, 4.69) is 24.2 Å². The van der Waals surface area contributed by atoms with E-state index in [1.165, 1.54) is 0 Å². The van der Waals surface area contributed by atoms with Crippen molar-refractivity contribution in [1.29, 1.82) is 0 Å². The van der Waals surface area contributed by atoms with E-state index in [1.807, 2.05) is 0 Å². The first kappa shape index (κ1) is 11.9. The molecule has 1 aliphatic heterocycles. The number of morpholine rings is 1. The maximum absolute atomic E-state index is 5.40. The molecule has 1 rings (SSSR count). The highest BCUT2D eigenvalue weighted by molar-refractivity contribution is 4.75. The van der Waals surface area contributed by atoms with Gasteiger partial charge in [0.15, 0.2) is 0 Å². The van der Waals surface area contributed by atoms with E-state index < -0.39 is 0 Å². The molecule has 0 bridgehead atoms. The van der Waals surface area contributed by atoms with Crippen LogP contribution in [0.4, 0.5) is 0 Å². The van der Waals surface area contributed by atoms with Crippen LogP contribution < -0.4 is 5.32 Å². The molecule has 4 nitrogen and oxygen atoms in total. The molecule has 2 unspecified atom stereocenters. The average Bonchev–Trinajstić information content (AvgIpc) is 2.19. The number of hydrogen-bond acceptors (Lipinski definition) is 4. The molecule has 0 aromatic carbocycles. The summed E-state index contributed by atoms with van der Waals surface area (Å²) < 4.78 is 10.5. The average molecular weight is 202 g/mol. The fraction of sp³-hybridized carbons (Fsp3) is 1.00. The van der Waals surface area contributed by atoms with E-state index in [0.717, 1.165) is 32.9 Å². The molecule has 4 heteroatoms. The SMILES string of the molecule is COCC(C)N(C)CC1COCCN1. The lowest BCUT2D eigenvalue weighted by Crippen LogP contribution is -2.49. The van der Waals surface area contributed by atoms with E-state index in [4.69, 9.17) is 9.47 Å². The van der Waals surface area contributed by atoms with Crippen molar-refractivity contribution in [2.75, 3.05) is 47.1 Å². The molecule has 0 saturated carbocycles. The van der Waals surface area contributed by atoms with Gasteiger partial charge in [0.1, 0.15) is 0 Å². The van der Waals surface area contributed by atoms with Crippen LogP contribution in [0.25, 0.3) is 0 Å². The minimum atomic E-state index is 0.462. The molecule has 0 aromatic heterocycles. The maximum atomic E-state index is 5.40. The molecular weight excluding hydrogens is 180 g/mol. The van der Waals surface area contributed by atoms with Gasteiger partial charge in [0.05, 0.1) is 19.8 Å². The predicted octanol–water partition coefficient (Wildman–Crippen LogP) is -0.0585. The molecule has 1 heterocycles. The zero-order valence-electron chi connectivity index (χ0n) is 9.45. The third kappa shape index (κ3) is 3.92. The molecule has 1 aliphatic rings. The lowest BCUT2D eigenvalue weighted by atomic mass is 10.2. The predicted molar refractivity (Wildman–Crippen MR) is 56.6 cm³/mol. The van der Waals surface area contributed by atoms with Crippen molar-refractivity contribution in [2.45, 2.75) is 19.0 Å². The minimum absolute atomic E-state index is 0.462. The summed E-state index contributed by atoms with van der Waals surface area (Å²) in [4.78, 5) is 2.30. The van der Waals surface area contributed by atoms with Gasteiger partial charge in [-0.1, -0.05) is 0 Å². The number of nitrogens with one attached hydrogen (secondary N) is 1. The third-order valence-electron chi connectivity index (χ3n) is 2.67. The number of likely N-dealkylation sites (N-methyl/N-ethyl adjacent to an activating group) is 1. The lowest BCUT2D eigenvalue weighted by Gasteiger charge is -2.31. The molecule has 2 atom stereocenters. The number of ether oxygens (including phenoxy) is 2. The van der Waals surface area contributed by atoms with Gasteiger partial charge in [0, 0.05) is 32.3 Å². The van der Waals surface area contributed by atoms with Crippen molar-refractivity contribution in [1.82, 2.24) is 10.2 Å². The molecule has 0 aliphatic carbocycles. The van der Waals surface area contributed by atoms with Crippen LogP contribution in [0, 0.1) is 0 Å². The Kier molecular flexibility index (Phi) is 5.40. The van der Waals surface area contributed by atoms with E-state index in [9.17, 15) is 0 Å². The van der Waals surface area contributed by atoms with Gasteiger partial charge in [-0.3, -0.25) is 4.90 Å². The molecule has 14 heavy (non-hydrogen) atoms. The summed E-state index contributed by atoms with van der Waals surface area (Å²) in [6, 6.07) is 0.928. The van der Waals surface area contributed by atoms with Gasteiger partial charge in [0.2, 0.25) is 0 Å². The van der Waals surface area contributed by atoms with Crippen molar-refractivity contribution in [3.63, 3.8) is 0 Å². The first-order chi connectivity index (χ1) is 6.74. The second kappa shape index (κ2) is 6.35. The fourth-order valence-electron chi connectivity index (χ4n) is 1.63. The van der Waals surface area contributed by atoms with Crippen LogP contribution in [-0.4, -0.2) is 64.1 Å². The highest BCUT2D eigenvalue weighted by Gasteiger charge is 2.17. The van der Waals surface area contributed by atoms with Crippen molar-refractivity contribution in [3.05, 3.63) is 0 Å². The first-order valence-electron chi connectivity index (χ1n) is 5.24. The Morgan fingerprint density at radius 2 is 2.43 bits per heavy atom. The summed E-state index contributed by atoms with van der Waals surface area (Å²) in [5, 5.41) is 3.44. The van der Waals surface area contributed by atoms with E-state index in [1.54, 1.807) is 7.11 Å². The molecule has 1 fully saturated rings. The summed E-state index contributed by atoms with van der Waals surface area (Å²) in [5.41, 5.74) is 0. The van der Waals surface area contributed by atoms with E-state index in [-0.39, 0.29) is 0 Å². The van der Waals surface area contributed by atoms with Crippen molar-refractivity contribution >= 4 is 0 Å². The Hall–Kier alpha value is -0.160. The number of hydrogen-bond donors (Lipinski definition) is 1. The Morgan fingerprint density at radius 3 is 3.00 bits per heavy atom. The van der Waals surface area contributed by atoms with Gasteiger partial charge in [-0.25, -0.2) is 0 Å². The van der Waals surface area contributed by atoms with Crippen LogP contribution in [0.5, 0.6) is 0 Å². The Balaban J connectivity index is 2.20. The lowest BCUT2D eigenvalue weighted by molar-refractivity contribution is 0.0505. The molecule has 0 aromatic rings. The highest BCUT2D eigenvalue weighted by atomic mass is 16.5. The zero-order chi connectivity index (χ0) is 10.4. The van der Waals surface area contributed by atoms with Crippen LogP contribution in [0.1, 0.15) is 6.92 Å². The number of methoxy groups -OCH3 is 1. The van der Waals surface area contributed by atoms with Crippen molar-refractivity contribution in [3.8, 4) is 0 Å². The van der Waals surface area contributed by atoms with Gasteiger partial charge < -0.3 is 14.8 Å². The summed E-state index contributed by atoms with van der Waals surface area (Å²) in [6.45, 7) is 6.61. The smallest absolute Gasteiger partial charge is 0.0632 e. The quantitative estimate of drug-likeness (QED) is 0.677. The fourth-order valence-corrected chi connectivity index (χ4v) is 1.63. The topological polar surface area (TPSA) is 33.7 Å². The number of nitrogens with zero attached hydrogens (tertiary/aromatic N) is 1.